The molecule has 17 heavy (non-hydrogen) atoms. The number of aromatic nitrogens is 2. The zero-order valence-corrected chi connectivity index (χ0v) is 11.3. The zero-order chi connectivity index (χ0) is 13.0. The van der Waals surface area contributed by atoms with E-state index in [9.17, 15) is 4.79 Å². The first-order chi connectivity index (χ1) is 7.93. The Bertz CT molecular complexity index is 388. The van der Waals surface area contributed by atoms with Crippen LogP contribution >= 0.6 is 11.8 Å². The Labute approximate surface area is 106 Å². The van der Waals surface area contributed by atoms with Crippen molar-refractivity contribution in [1.29, 1.82) is 0 Å². The number of carbonyl (C=O) groups is 1. The van der Waals surface area contributed by atoms with E-state index in [0.717, 1.165) is 11.4 Å². The Morgan fingerprint density at radius 2 is 1.88 bits per heavy atom. The van der Waals surface area contributed by atoms with Crippen LogP contribution in [0.2, 0.25) is 0 Å². The van der Waals surface area contributed by atoms with Crippen molar-refractivity contribution >= 4 is 17.7 Å². The second-order valence-corrected chi connectivity index (χ2v) is 5.33. The monoisotopic (exact) mass is 254 g/mol. The molecule has 0 fully saturated rings. The summed E-state index contributed by atoms with van der Waals surface area (Å²) in [5, 5.41) is 0.339. The summed E-state index contributed by atoms with van der Waals surface area (Å²) in [5.41, 5.74) is 3.98. The molecule has 1 heterocycles. The number of rotatable bonds is 4. The Morgan fingerprint density at radius 3 is 2.29 bits per heavy atom. The third-order valence-corrected chi connectivity index (χ3v) is 3.61. The average Bonchev–Trinajstić information content (AvgIpc) is 2.23. The molecule has 0 saturated heterocycles. The summed E-state index contributed by atoms with van der Waals surface area (Å²) in [6.07, 6.45) is 0. The number of amides is 1. The van der Waals surface area contributed by atoms with Crippen molar-refractivity contribution < 1.29 is 4.79 Å². The maximum Gasteiger partial charge on any atom is 0.247 e. The fourth-order valence-electron chi connectivity index (χ4n) is 1.43. The van der Waals surface area contributed by atoms with Crippen LogP contribution in [0, 0.1) is 19.8 Å². The molecule has 1 aromatic heterocycles. The van der Waals surface area contributed by atoms with E-state index in [1.165, 1.54) is 11.8 Å². The van der Waals surface area contributed by atoms with Gasteiger partial charge in [0.15, 0.2) is 5.16 Å². The molecule has 0 spiro atoms. The van der Waals surface area contributed by atoms with Crippen LogP contribution in [0.4, 0.5) is 0 Å². The standard InChI is InChI=1S/C11H18N4OS/c1-6(2)9(10(16)15-12)17-11-13-7(3)5-8(4)14-11/h5-6,9H,12H2,1-4H3,(H,15,16). The van der Waals surface area contributed by atoms with Gasteiger partial charge in [0.1, 0.15) is 0 Å². The predicted octanol–water partition coefficient (Wildman–Crippen LogP) is 1.20. The van der Waals surface area contributed by atoms with Gasteiger partial charge in [-0.2, -0.15) is 0 Å². The molecular formula is C11H18N4OS. The highest BCUT2D eigenvalue weighted by Crippen LogP contribution is 2.25. The molecule has 1 unspecified atom stereocenters. The van der Waals surface area contributed by atoms with Gasteiger partial charge in [-0.1, -0.05) is 25.6 Å². The molecule has 1 rings (SSSR count). The van der Waals surface area contributed by atoms with Crippen molar-refractivity contribution in [3.63, 3.8) is 0 Å². The molecule has 0 bridgehead atoms. The molecule has 0 aromatic carbocycles. The first-order valence-electron chi connectivity index (χ1n) is 5.43. The lowest BCUT2D eigenvalue weighted by atomic mass is 10.1. The van der Waals surface area contributed by atoms with Gasteiger partial charge in [0.25, 0.3) is 0 Å². The van der Waals surface area contributed by atoms with Gasteiger partial charge in [-0.15, -0.1) is 0 Å². The molecule has 0 radical (unpaired) electrons. The third-order valence-electron chi connectivity index (χ3n) is 2.20. The summed E-state index contributed by atoms with van der Waals surface area (Å²) in [5.74, 6) is 5.13. The highest BCUT2D eigenvalue weighted by molar-refractivity contribution is 8.00. The molecule has 1 amide bonds. The van der Waals surface area contributed by atoms with Gasteiger partial charge in [0.05, 0.1) is 5.25 Å². The molecule has 0 aliphatic heterocycles. The summed E-state index contributed by atoms with van der Waals surface area (Å²) in [6, 6.07) is 1.90. The Balaban J connectivity index is 2.89. The van der Waals surface area contributed by atoms with Crippen LogP contribution in [0.25, 0.3) is 0 Å². The second kappa shape index (κ2) is 5.97. The Morgan fingerprint density at radius 1 is 1.35 bits per heavy atom. The van der Waals surface area contributed by atoms with E-state index in [1.54, 1.807) is 0 Å². The minimum atomic E-state index is -0.277. The number of hydrazine groups is 1. The number of nitrogens with two attached hydrogens (primary N) is 1. The fourth-order valence-corrected chi connectivity index (χ4v) is 2.50. The molecular weight excluding hydrogens is 236 g/mol. The molecule has 0 aliphatic carbocycles. The van der Waals surface area contributed by atoms with Crippen LogP contribution in [0.5, 0.6) is 0 Å². The normalized spacial score (nSPS) is 12.6. The second-order valence-electron chi connectivity index (χ2n) is 4.22. The highest BCUT2D eigenvalue weighted by Gasteiger charge is 2.24. The third kappa shape index (κ3) is 3.98. The van der Waals surface area contributed by atoms with Gasteiger partial charge >= 0.3 is 0 Å². The first-order valence-corrected chi connectivity index (χ1v) is 6.31. The molecule has 0 aliphatic rings. The number of aryl methyl sites for hydroxylation is 2. The van der Waals surface area contributed by atoms with E-state index >= 15 is 0 Å². The largest absolute Gasteiger partial charge is 0.293 e. The van der Waals surface area contributed by atoms with Crippen molar-refractivity contribution in [3.05, 3.63) is 17.5 Å². The Hall–Kier alpha value is -1.14. The maximum absolute atomic E-state index is 11.6. The summed E-state index contributed by atoms with van der Waals surface area (Å²) in [7, 11) is 0. The fraction of sp³-hybridized carbons (Fsp3) is 0.545. The van der Waals surface area contributed by atoms with E-state index in [1.807, 2.05) is 33.8 Å². The van der Waals surface area contributed by atoms with E-state index in [2.05, 4.69) is 15.4 Å². The highest BCUT2D eigenvalue weighted by atomic mass is 32.2. The Kier molecular flexibility index (Phi) is 4.89. The maximum atomic E-state index is 11.6. The number of hydrogen-bond acceptors (Lipinski definition) is 5. The van der Waals surface area contributed by atoms with Crippen LogP contribution in [0.15, 0.2) is 11.2 Å². The lowest BCUT2D eigenvalue weighted by Crippen LogP contribution is -2.40. The average molecular weight is 254 g/mol. The minimum absolute atomic E-state index is 0.160. The van der Waals surface area contributed by atoms with Crippen LogP contribution < -0.4 is 11.3 Å². The van der Waals surface area contributed by atoms with Crippen molar-refractivity contribution in [2.24, 2.45) is 11.8 Å². The molecule has 6 heteroatoms. The van der Waals surface area contributed by atoms with Gasteiger partial charge < -0.3 is 0 Å². The molecule has 5 nitrogen and oxygen atoms in total. The van der Waals surface area contributed by atoms with Gasteiger partial charge in [0, 0.05) is 11.4 Å². The SMILES string of the molecule is Cc1cc(C)nc(SC(C(=O)NN)C(C)C)n1. The summed E-state index contributed by atoms with van der Waals surface area (Å²) in [4.78, 5) is 20.2. The number of carbonyl (C=O) groups excluding carboxylic acids is 1. The van der Waals surface area contributed by atoms with E-state index in [0.29, 0.717) is 5.16 Å². The van der Waals surface area contributed by atoms with Crippen LogP contribution in [-0.4, -0.2) is 21.1 Å². The quantitative estimate of drug-likeness (QED) is 0.277. The lowest BCUT2D eigenvalue weighted by Gasteiger charge is -2.17. The predicted molar refractivity (Wildman–Crippen MR) is 68.3 cm³/mol. The molecule has 1 aromatic rings. The van der Waals surface area contributed by atoms with E-state index < -0.39 is 0 Å². The lowest BCUT2D eigenvalue weighted by molar-refractivity contribution is -0.121. The van der Waals surface area contributed by atoms with Crippen LogP contribution in [0.1, 0.15) is 25.2 Å². The van der Waals surface area contributed by atoms with Gasteiger partial charge in [-0.05, 0) is 25.8 Å². The summed E-state index contributed by atoms with van der Waals surface area (Å²) < 4.78 is 0. The van der Waals surface area contributed by atoms with Crippen LogP contribution in [0.3, 0.4) is 0 Å². The van der Waals surface area contributed by atoms with Gasteiger partial charge in [0.2, 0.25) is 5.91 Å². The summed E-state index contributed by atoms with van der Waals surface area (Å²) >= 11 is 1.34. The van der Waals surface area contributed by atoms with E-state index in [-0.39, 0.29) is 17.1 Å². The van der Waals surface area contributed by atoms with Crippen molar-refractivity contribution in [1.82, 2.24) is 15.4 Å². The van der Waals surface area contributed by atoms with Gasteiger partial charge in [-0.3, -0.25) is 10.2 Å². The topological polar surface area (TPSA) is 80.9 Å². The minimum Gasteiger partial charge on any atom is -0.293 e. The van der Waals surface area contributed by atoms with E-state index in [4.69, 9.17) is 5.84 Å². The molecule has 94 valence electrons. The van der Waals surface area contributed by atoms with Gasteiger partial charge in [-0.25, -0.2) is 15.8 Å². The first kappa shape index (κ1) is 13.9. The summed E-state index contributed by atoms with van der Waals surface area (Å²) in [6.45, 7) is 7.75. The molecule has 0 saturated carbocycles. The van der Waals surface area contributed by atoms with Crippen molar-refractivity contribution in [2.45, 2.75) is 38.1 Å². The number of thioether (sulfide) groups is 1. The smallest absolute Gasteiger partial charge is 0.247 e. The molecule has 1 atom stereocenters. The van der Waals surface area contributed by atoms with Crippen molar-refractivity contribution in [2.75, 3.05) is 0 Å². The van der Waals surface area contributed by atoms with Crippen molar-refractivity contribution in [3.8, 4) is 0 Å². The molecule has 3 N–H and O–H groups in total. The number of nitrogens with zero attached hydrogens (tertiary/aromatic N) is 2. The number of hydrogen-bond donors (Lipinski definition) is 2. The van der Waals surface area contributed by atoms with Crippen LogP contribution in [-0.2, 0) is 4.79 Å². The number of nitrogens with one attached hydrogen (secondary N) is 1. The zero-order valence-electron chi connectivity index (χ0n) is 10.5.